The van der Waals surface area contributed by atoms with E-state index in [0.717, 1.165) is 16.0 Å². The normalized spacial score (nSPS) is 10.5. The summed E-state index contributed by atoms with van der Waals surface area (Å²) < 4.78 is 12.9. The highest BCUT2D eigenvalue weighted by Gasteiger charge is 2.09. The van der Waals surface area contributed by atoms with E-state index in [9.17, 15) is 9.18 Å². The van der Waals surface area contributed by atoms with Crippen LogP contribution in [0.15, 0.2) is 54.7 Å². The van der Waals surface area contributed by atoms with Gasteiger partial charge in [0.2, 0.25) is 0 Å². The van der Waals surface area contributed by atoms with E-state index >= 15 is 0 Å². The first-order valence-corrected chi connectivity index (χ1v) is 7.99. The number of nitrogens with zero attached hydrogens (tertiary/aromatic N) is 1. The van der Waals surface area contributed by atoms with Gasteiger partial charge in [0.1, 0.15) is 5.82 Å². The number of hydrogen-bond acceptors (Lipinski definition) is 3. The number of halogens is 1. The third kappa shape index (κ3) is 4.02. The van der Waals surface area contributed by atoms with Crippen molar-refractivity contribution >= 4 is 22.4 Å². The van der Waals surface area contributed by atoms with E-state index in [4.69, 9.17) is 0 Å². The van der Waals surface area contributed by atoms with Crippen molar-refractivity contribution in [2.24, 2.45) is 0 Å². The van der Waals surface area contributed by atoms with Gasteiger partial charge in [-0.15, -0.1) is 11.3 Å². The van der Waals surface area contributed by atoms with E-state index in [1.807, 2.05) is 25.1 Å². The van der Waals surface area contributed by atoms with Gasteiger partial charge in [-0.2, -0.15) is 0 Å². The fourth-order valence-electron chi connectivity index (χ4n) is 2.21. The zero-order valence-electron chi connectivity index (χ0n) is 12.5. The molecule has 23 heavy (non-hydrogen) atoms. The molecule has 0 bridgehead atoms. The van der Waals surface area contributed by atoms with E-state index in [1.54, 1.807) is 24.4 Å². The zero-order chi connectivity index (χ0) is 16.2. The maximum absolute atomic E-state index is 12.9. The summed E-state index contributed by atoms with van der Waals surface area (Å²) in [6.07, 6.45) is 2.40. The number of rotatable bonds is 4. The van der Waals surface area contributed by atoms with Gasteiger partial charge < -0.3 is 0 Å². The maximum Gasteiger partial charge on any atom is 0.257 e. The first-order chi connectivity index (χ1) is 11.1. The van der Waals surface area contributed by atoms with Crippen LogP contribution >= 0.6 is 11.3 Å². The molecular formula is C18H15FN2OS. The molecule has 1 N–H and O–H groups in total. The molecule has 0 aliphatic rings. The second kappa shape index (κ2) is 6.71. The van der Waals surface area contributed by atoms with Gasteiger partial charge in [0.25, 0.3) is 5.91 Å². The molecule has 3 rings (SSSR count). The third-order valence-electron chi connectivity index (χ3n) is 3.35. The zero-order valence-corrected chi connectivity index (χ0v) is 13.4. The Morgan fingerprint density at radius 1 is 1.22 bits per heavy atom. The standard InChI is InChI=1S/C18H15FN2OS/c1-12-3-2-4-14(9-12)17(22)21-18-20-11-16(23-18)10-13-5-7-15(19)8-6-13/h2-9,11H,10H2,1H3,(H,20,21,22). The lowest BCUT2D eigenvalue weighted by Crippen LogP contribution is -2.11. The summed E-state index contributed by atoms with van der Waals surface area (Å²) in [7, 11) is 0. The van der Waals surface area contributed by atoms with E-state index in [0.29, 0.717) is 17.1 Å². The van der Waals surface area contributed by atoms with Gasteiger partial charge in [-0.3, -0.25) is 10.1 Å². The summed E-state index contributed by atoms with van der Waals surface area (Å²) >= 11 is 1.42. The van der Waals surface area contributed by atoms with Gasteiger partial charge in [-0.05, 0) is 36.8 Å². The molecular weight excluding hydrogens is 311 g/mol. The van der Waals surface area contributed by atoms with Crippen LogP contribution in [0.1, 0.15) is 26.4 Å². The van der Waals surface area contributed by atoms with Gasteiger partial charge in [-0.25, -0.2) is 9.37 Å². The highest BCUT2D eigenvalue weighted by atomic mass is 32.1. The van der Waals surface area contributed by atoms with Crippen molar-refractivity contribution in [2.75, 3.05) is 5.32 Å². The number of aryl methyl sites for hydroxylation is 1. The van der Waals surface area contributed by atoms with Gasteiger partial charge in [0.05, 0.1) is 0 Å². The van der Waals surface area contributed by atoms with Crippen LogP contribution in [0.5, 0.6) is 0 Å². The van der Waals surface area contributed by atoms with Gasteiger partial charge in [0, 0.05) is 23.1 Å². The Morgan fingerprint density at radius 3 is 2.74 bits per heavy atom. The van der Waals surface area contributed by atoms with Crippen molar-refractivity contribution in [1.29, 1.82) is 0 Å². The summed E-state index contributed by atoms with van der Waals surface area (Å²) in [6.45, 7) is 1.95. The highest BCUT2D eigenvalue weighted by molar-refractivity contribution is 7.15. The molecule has 5 heteroatoms. The highest BCUT2D eigenvalue weighted by Crippen LogP contribution is 2.22. The first-order valence-electron chi connectivity index (χ1n) is 7.17. The quantitative estimate of drug-likeness (QED) is 0.770. The Morgan fingerprint density at radius 2 is 2.00 bits per heavy atom. The van der Waals surface area contributed by atoms with Crippen LogP contribution in [-0.2, 0) is 6.42 Å². The minimum absolute atomic E-state index is 0.170. The Bertz CT molecular complexity index is 827. The molecule has 3 aromatic rings. The molecule has 0 spiro atoms. The number of hydrogen-bond donors (Lipinski definition) is 1. The first kappa shape index (κ1) is 15.4. The monoisotopic (exact) mass is 326 g/mol. The molecule has 1 heterocycles. The van der Waals surface area contributed by atoms with E-state index < -0.39 is 0 Å². The predicted molar refractivity (Wildman–Crippen MR) is 90.5 cm³/mol. The van der Waals surface area contributed by atoms with Gasteiger partial charge >= 0.3 is 0 Å². The fourth-order valence-corrected chi connectivity index (χ4v) is 3.05. The molecule has 1 amide bonds. The molecule has 2 aromatic carbocycles. The van der Waals surface area contributed by atoms with E-state index in [1.165, 1.54) is 23.5 Å². The lowest BCUT2D eigenvalue weighted by atomic mass is 10.1. The predicted octanol–water partition coefficient (Wildman–Crippen LogP) is 4.43. The molecule has 0 saturated carbocycles. The van der Waals surface area contributed by atoms with Crippen LogP contribution < -0.4 is 5.32 Å². The summed E-state index contributed by atoms with van der Waals surface area (Å²) in [5, 5.41) is 3.37. The molecule has 3 nitrogen and oxygen atoms in total. The molecule has 116 valence electrons. The Hall–Kier alpha value is -2.53. The molecule has 0 atom stereocenters. The topological polar surface area (TPSA) is 42.0 Å². The number of benzene rings is 2. The number of carbonyl (C=O) groups is 1. The number of aromatic nitrogens is 1. The van der Waals surface area contributed by atoms with Crippen molar-refractivity contribution in [2.45, 2.75) is 13.3 Å². The fraction of sp³-hybridized carbons (Fsp3) is 0.111. The lowest BCUT2D eigenvalue weighted by molar-refractivity contribution is 0.102. The number of nitrogens with one attached hydrogen (secondary N) is 1. The Balaban J connectivity index is 1.67. The third-order valence-corrected chi connectivity index (χ3v) is 4.26. The molecule has 0 radical (unpaired) electrons. The van der Waals surface area contributed by atoms with Crippen molar-refractivity contribution < 1.29 is 9.18 Å². The van der Waals surface area contributed by atoms with Gasteiger partial charge in [-0.1, -0.05) is 29.8 Å². The van der Waals surface area contributed by atoms with Crippen molar-refractivity contribution in [3.63, 3.8) is 0 Å². The van der Waals surface area contributed by atoms with Crippen LogP contribution in [0.25, 0.3) is 0 Å². The van der Waals surface area contributed by atoms with Crippen molar-refractivity contribution in [3.8, 4) is 0 Å². The molecule has 0 unspecified atom stereocenters. The summed E-state index contributed by atoms with van der Waals surface area (Å²) in [5.74, 6) is -0.416. The summed E-state index contributed by atoms with van der Waals surface area (Å²) in [6, 6.07) is 13.8. The number of thiazole rings is 1. The SMILES string of the molecule is Cc1cccc(C(=O)Nc2ncc(Cc3ccc(F)cc3)s2)c1. The molecule has 0 fully saturated rings. The summed E-state index contributed by atoms with van der Waals surface area (Å²) in [4.78, 5) is 17.4. The number of amides is 1. The Kier molecular flexibility index (Phi) is 4.48. The van der Waals surface area contributed by atoms with Crippen LogP contribution in [0.4, 0.5) is 9.52 Å². The minimum atomic E-state index is -0.246. The van der Waals surface area contributed by atoms with Crippen molar-refractivity contribution in [3.05, 3.63) is 82.1 Å². The van der Waals surface area contributed by atoms with Crippen LogP contribution in [0.3, 0.4) is 0 Å². The smallest absolute Gasteiger partial charge is 0.257 e. The van der Waals surface area contributed by atoms with Gasteiger partial charge in [0.15, 0.2) is 5.13 Å². The molecule has 0 aliphatic carbocycles. The lowest BCUT2D eigenvalue weighted by Gasteiger charge is -2.02. The second-order valence-electron chi connectivity index (χ2n) is 5.26. The molecule has 0 saturated heterocycles. The summed E-state index contributed by atoms with van der Waals surface area (Å²) in [5.41, 5.74) is 2.65. The van der Waals surface area contributed by atoms with Crippen LogP contribution in [0.2, 0.25) is 0 Å². The average Bonchev–Trinajstić information content (AvgIpc) is 2.96. The molecule has 1 aromatic heterocycles. The maximum atomic E-state index is 12.9. The van der Waals surface area contributed by atoms with Crippen LogP contribution in [0, 0.1) is 12.7 Å². The Labute approximate surface area is 137 Å². The van der Waals surface area contributed by atoms with E-state index in [-0.39, 0.29) is 11.7 Å². The minimum Gasteiger partial charge on any atom is -0.298 e. The average molecular weight is 326 g/mol. The van der Waals surface area contributed by atoms with Crippen molar-refractivity contribution in [1.82, 2.24) is 4.98 Å². The number of anilines is 1. The van der Waals surface area contributed by atoms with Crippen LogP contribution in [-0.4, -0.2) is 10.9 Å². The largest absolute Gasteiger partial charge is 0.298 e. The number of carbonyl (C=O) groups excluding carboxylic acids is 1. The van der Waals surface area contributed by atoms with E-state index in [2.05, 4.69) is 10.3 Å². The second-order valence-corrected chi connectivity index (χ2v) is 6.37. The molecule has 0 aliphatic heterocycles.